The number of hydrogen-bond donors (Lipinski definition) is 4. The topological polar surface area (TPSA) is 65.2 Å². The van der Waals surface area contributed by atoms with Crippen molar-refractivity contribution in [3.05, 3.63) is 72.6 Å². The van der Waals surface area contributed by atoms with Gasteiger partial charge in [0.15, 0.2) is 0 Å². The third-order valence-electron chi connectivity index (χ3n) is 4.61. The number of rotatable bonds is 12. The first-order valence-corrected chi connectivity index (χ1v) is 9.87. The van der Waals surface area contributed by atoms with E-state index in [1.807, 2.05) is 37.4 Å². The van der Waals surface area contributed by atoms with Gasteiger partial charge in [0.2, 0.25) is 0 Å². The van der Waals surface area contributed by atoms with E-state index in [4.69, 9.17) is 0 Å². The van der Waals surface area contributed by atoms with Crippen molar-refractivity contribution < 1.29 is 4.79 Å². The molecule has 0 bridgehead atoms. The summed E-state index contributed by atoms with van der Waals surface area (Å²) in [5, 5.41) is 12.4. The molecule has 0 aromatic heterocycles. The van der Waals surface area contributed by atoms with Crippen LogP contribution in [0.4, 0.5) is 4.79 Å². The number of benzene rings is 1. The van der Waals surface area contributed by atoms with Crippen LogP contribution >= 0.6 is 0 Å². The van der Waals surface area contributed by atoms with Crippen LogP contribution in [0.3, 0.4) is 0 Å². The van der Waals surface area contributed by atoms with Gasteiger partial charge in [-0.15, -0.1) is 0 Å². The third kappa shape index (κ3) is 7.91. The van der Waals surface area contributed by atoms with Gasteiger partial charge in [0.05, 0.1) is 12.1 Å². The van der Waals surface area contributed by atoms with Crippen LogP contribution in [0.5, 0.6) is 0 Å². The predicted molar refractivity (Wildman–Crippen MR) is 119 cm³/mol. The Hall–Kier alpha value is -2.69. The maximum Gasteiger partial charge on any atom is 0.315 e. The summed E-state index contributed by atoms with van der Waals surface area (Å²) in [4.78, 5) is 12.4. The zero-order valence-corrected chi connectivity index (χ0v) is 17.8. The second kappa shape index (κ2) is 11.9. The fourth-order valence-corrected chi connectivity index (χ4v) is 2.88. The molecule has 2 atom stereocenters. The lowest BCUT2D eigenvalue weighted by Gasteiger charge is -2.29. The molecule has 0 spiro atoms. The number of likely N-dealkylation sites (N-methyl/N-ethyl adjacent to an activating group) is 1. The highest BCUT2D eigenvalue weighted by molar-refractivity contribution is 5.74. The highest BCUT2D eigenvalue weighted by Crippen LogP contribution is 2.16. The molecule has 0 aliphatic rings. The van der Waals surface area contributed by atoms with E-state index in [0.29, 0.717) is 12.5 Å². The first-order valence-electron chi connectivity index (χ1n) is 9.87. The maximum atomic E-state index is 12.4. The summed E-state index contributed by atoms with van der Waals surface area (Å²) in [5.41, 5.74) is 3.52. The maximum absolute atomic E-state index is 12.4. The molecule has 0 heterocycles. The van der Waals surface area contributed by atoms with Gasteiger partial charge in [-0.3, -0.25) is 0 Å². The van der Waals surface area contributed by atoms with Crippen molar-refractivity contribution in [2.24, 2.45) is 5.92 Å². The Bertz CT molecular complexity index is 666. The number of amides is 2. The van der Waals surface area contributed by atoms with Crippen molar-refractivity contribution in [2.45, 2.75) is 52.2 Å². The average molecular weight is 385 g/mol. The summed E-state index contributed by atoms with van der Waals surface area (Å²) >= 11 is 0. The number of urea groups is 1. The van der Waals surface area contributed by atoms with Crippen LogP contribution in [0.25, 0.3) is 0 Å². The number of carbonyl (C=O) groups excluding carboxylic acids is 1. The molecule has 1 aromatic rings. The lowest BCUT2D eigenvalue weighted by Crippen LogP contribution is -2.47. The Morgan fingerprint density at radius 1 is 1.04 bits per heavy atom. The van der Waals surface area contributed by atoms with Gasteiger partial charge in [0.1, 0.15) is 0 Å². The molecule has 0 aliphatic heterocycles. The van der Waals surface area contributed by atoms with Crippen molar-refractivity contribution in [1.29, 1.82) is 0 Å². The number of carbonyl (C=O) groups is 1. The van der Waals surface area contributed by atoms with E-state index < -0.39 is 0 Å². The van der Waals surface area contributed by atoms with Crippen molar-refractivity contribution in [3.8, 4) is 0 Å². The number of nitrogens with one attached hydrogen (secondary N) is 4. The predicted octanol–water partition coefficient (Wildman–Crippen LogP) is 4.07. The molecule has 5 nitrogen and oxygen atoms in total. The van der Waals surface area contributed by atoms with Crippen molar-refractivity contribution in [2.75, 3.05) is 7.05 Å². The zero-order valence-electron chi connectivity index (χ0n) is 17.8. The van der Waals surface area contributed by atoms with Gasteiger partial charge in [-0.2, -0.15) is 0 Å². The lowest BCUT2D eigenvalue weighted by atomic mass is 9.99. The number of hydrogen-bond acceptors (Lipinski definition) is 3. The first-order chi connectivity index (χ1) is 13.3. The highest BCUT2D eigenvalue weighted by Gasteiger charge is 2.21. The minimum Gasteiger partial charge on any atom is -0.388 e. The largest absolute Gasteiger partial charge is 0.388 e. The molecule has 1 unspecified atom stereocenters. The third-order valence-corrected chi connectivity index (χ3v) is 4.61. The summed E-state index contributed by atoms with van der Waals surface area (Å²) in [6, 6.07) is 9.47. The molecule has 0 saturated carbocycles. The van der Waals surface area contributed by atoms with Gasteiger partial charge in [0.25, 0.3) is 0 Å². The van der Waals surface area contributed by atoms with Gasteiger partial charge in [-0.25, -0.2) is 4.79 Å². The van der Waals surface area contributed by atoms with E-state index in [-0.39, 0.29) is 18.1 Å². The standard InChI is InChI=1S/C23H36N4O/c1-8-21(17(4)18(5)24-7)26-19(6)22(14-16(2)3)27-23(28)25-15-20-12-10-9-11-13-20/h9-13,16,21-22,24,26H,4-6,8,14-15H2,1-3,7H3,(H2,25,27,28)/t21?,22-/m0/s1. The van der Waals surface area contributed by atoms with Crippen molar-refractivity contribution >= 4 is 6.03 Å². The summed E-state index contributed by atoms with van der Waals surface area (Å²) < 4.78 is 0. The van der Waals surface area contributed by atoms with E-state index in [9.17, 15) is 4.79 Å². The molecule has 28 heavy (non-hydrogen) atoms. The van der Waals surface area contributed by atoms with Gasteiger partial charge in [-0.1, -0.05) is 70.8 Å². The monoisotopic (exact) mass is 384 g/mol. The molecule has 1 rings (SSSR count). The fraction of sp³-hybridized carbons (Fsp3) is 0.435. The molecule has 5 heteroatoms. The molecule has 2 amide bonds. The fourth-order valence-electron chi connectivity index (χ4n) is 2.88. The Labute approximate surface area is 170 Å². The highest BCUT2D eigenvalue weighted by atomic mass is 16.2. The van der Waals surface area contributed by atoms with Gasteiger partial charge in [0, 0.05) is 25.0 Å². The summed E-state index contributed by atoms with van der Waals surface area (Å²) in [6.07, 6.45) is 1.63. The van der Waals surface area contributed by atoms with E-state index in [2.05, 4.69) is 61.8 Å². The van der Waals surface area contributed by atoms with E-state index in [1.54, 1.807) is 0 Å². The van der Waals surface area contributed by atoms with Gasteiger partial charge < -0.3 is 21.3 Å². The van der Waals surface area contributed by atoms with E-state index in [0.717, 1.165) is 35.4 Å². The van der Waals surface area contributed by atoms with Crippen LogP contribution in [-0.2, 0) is 6.54 Å². The molecule has 0 saturated heterocycles. The second-order valence-electron chi connectivity index (χ2n) is 7.38. The van der Waals surface area contributed by atoms with Crippen LogP contribution in [0.2, 0.25) is 0 Å². The minimum absolute atomic E-state index is 0.0105. The van der Waals surface area contributed by atoms with Crippen LogP contribution in [-0.4, -0.2) is 25.2 Å². The van der Waals surface area contributed by atoms with Crippen LogP contribution < -0.4 is 21.3 Å². The first kappa shape index (κ1) is 23.3. The van der Waals surface area contributed by atoms with Gasteiger partial charge >= 0.3 is 6.03 Å². The summed E-state index contributed by atoms with van der Waals surface area (Å²) in [6.45, 7) is 19.1. The molecule has 154 valence electrons. The molecular formula is C23H36N4O. The molecular weight excluding hydrogens is 348 g/mol. The Balaban J connectivity index is 2.71. The lowest BCUT2D eigenvalue weighted by molar-refractivity contribution is 0.236. The molecule has 1 aromatic carbocycles. The van der Waals surface area contributed by atoms with Crippen LogP contribution in [0.1, 0.15) is 39.2 Å². The average Bonchev–Trinajstić information content (AvgIpc) is 2.69. The SMILES string of the molecule is C=C(NC)C(=C)C(CC)NC(=C)[C@H](CC(C)C)NC(=O)NCc1ccccc1. The summed E-state index contributed by atoms with van der Waals surface area (Å²) in [5.74, 6) is 0.411. The molecule has 0 aliphatic carbocycles. The Morgan fingerprint density at radius 2 is 1.68 bits per heavy atom. The van der Waals surface area contributed by atoms with Crippen molar-refractivity contribution in [1.82, 2.24) is 21.3 Å². The van der Waals surface area contributed by atoms with Crippen LogP contribution in [0, 0.1) is 5.92 Å². The second-order valence-corrected chi connectivity index (χ2v) is 7.38. The smallest absolute Gasteiger partial charge is 0.315 e. The zero-order chi connectivity index (χ0) is 21.1. The normalized spacial score (nSPS) is 12.6. The van der Waals surface area contributed by atoms with Crippen molar-refractivity contribution in [3.63, 3.8) is 0 Å². The van der Waals surface area contributed by atoms with Gasteiger partial charge in [-0.05, 0) is 29.9 Å². The minimum atomic E-state index is -0.205. The van der Waals surface area contributed by atoms with Crippen LogP contribution in [0.15, 0.2) is 67.0 Å². The summed E-state index contributed by atoms with van der Waals surface area (Å²) in [7, 11) is 1.83. The van der Waals surface area contributed by atoms with E-state index in [1.165, 1.54) is 0 Å². The molecule has 0 fully saturated rings. The molecule has 0 radical (unpaired) electrons. The quantitative estimate of drug-likeness (QED) is 0.411. The molecule has 4 N–H and O–H groups in total. The Morgan fingerprint density at radius 3 is 2.21 bits per heavy atom. The Kier molecular flexibility index (Phi) is 9.93. The van der Waals surface area contributed by atoms with E-state index >= 15 is 0 Å².